The van der Waals surface area contributed by atoms with Crippen LogP contribution in [0.4, 0.5) is 0 Å². The van der Waals surface area contributed by atoms with Crippen molar-refractivity contribution >= 4 is 28.8 Å². The van der Waals surface area contributed by atoms with Gasteiger partial charge in [0.1, 0.15) is 0 Å². The van der Waals surface area contributed by atoms with E-state index in [2.05, 4.69) is 15.2 Å². The Balaban J connectivity index is 1.58. The van der Waals surface area contributed by atoms with Gasteiger partial charge in [0, 0.05) is 18.3 Å². The molecule has 0 radical (unpaired) electrons. The molecule has 0 spiro atoms. The van der Waals surface area contributed by atoms with Crippen LogP contribution in [0.25, 0.3) is 0 Å². The third-order valence-electron chi connectivity index (χ3n) is 4.06. The molecule has 0 aliphatic carbocycles. The molecule has 2 heterocycles. The first-order valence-corrected chi connectivity index (χ1v) is 9.07. The largest absolute Gasteiger partial charge is 0.359 e. The number of unbranched alkanes of at least 4 members (excludes halogenated alkanes) is 1. The third kappa shape index (κ3) is 5.24. The minimum Gasteiger partial charge on any atom is -0.359 e. The molecule has 2 rings (SSSR count). The second kappa shape index (κ2) is 8.71. The standard InChI is InChI=1S/C15H24ClN3OS/c1-17-15(20)12-5-8-19(9-6-12)7-3-2-4-14-18-13(10-16)11-21-14/h11-12H,2-10H2,1H3,(H,17,20). The molecule has 1 N–H and O–H groups in total. The molecule has 0 saturated carbocycles. The van der Waals surface area contributed by atoms with E-state index in [9.17, 15) is 4.79 Å². The molecule has 0 aromatic carbocycles. The summed E-state index contributed by atoms with van der Waals surface area (Å²) >= 11 is 7.47. The van der Waals surface area contributed by atoms with Gasteiger partial charge in [0.2, 0.25) is 5.91 Å². The molecular formula is C15H24ClN3OS. The van der Waals surface area contributed by atoms with Crippen LogP contribution >= 0.6 is 22.9 Å². The molecule has 1 aromatic rings. The molecular weight excluding hydrogens is 306 g/mol. The van der Waals surface area contributed by atoms with Gasteiger partial charge in [-0.1, -0.05) is 0 Å². The molecule has 1 aliphatic rings. The summed E-state index contributed by atoms with van der Waals surface area (Å²) in [6.45, 7) is 3.23. The van der Waals surface area contributed by atoms with Crippen LogP contribution in [-0.2, 0) is 17.1 Å². The second-order valence-corrected chi connectivity index (χ2v) is 6.76. The highest BCUT2D eigenvalue weighted by Gasteiger charge is 2.23. The Morgan fingerprint density at radius 2 is 2.24 bits per heavy atom. The number of rotatable bonds is 7. The summed E-state index contributed by atoms with van der Waals surface area (Å²) in [6.07, 6.45) is 5.40. The second-order valence-electron chi connectivity index (χ2n) is 5.55. The average Bonchev–Trinajstić information content (AvgIpc) is 2.99. The lowest BCUT2D eigenvalue weighted by Gasteiger charge is -2.30. The summed E-state index contributed by atoms with van der Waals surface area (Å²) in [5.74, 6) is 0.931. The fraction of sp³-hybridized carbons (Fsp3) is 0.733. The van der Waals surface area contributed by atoms with E-state index in [1.54, 1.807) is 18.4 Å². The van der Waals surface area contributed by atoms with Crippen LogP contribution < -0.4 is 5.32 Å². The quantitative estimate of drug-likeness (QED) is 0.618. The van der Waals surface area contributed by atoms with E-state index in [1.807, 2.05) is 5.38 Å². The zero-order valence-corrected chi connectivity index (χ0v) is 14.2. The molecule has 1 fully saturated rings. The molecule has 0 atom stereocenters. The summed E-state index contributed by atoms with van der Waals surface area (Å²) < 4.78 is 0. The van der Waals surface area contributed by atoms with Gasteiger partial charge in [0.05, 0.1) is 16.6 Å². The molecule has 1 saturated heterocycles. The number of carbonyl (C=O) groups is 1. The number of amides is 1. The van der Waals surface area contributed by atoms with Crippen molar-refractivity contribution in [1.82, 2.24) is 15.2 Å². The average molecular weight is 330 g/mol. The lowest BCUT2D eigenvalue weighted by molar-refractivity contribution is -0.125. The van der Waals surface area contributed by atoms with Crippen LogP contribution in [0.5, 0.6) is 0 Å². The minimum absolute atomic E-state index is 0.202. The van der Waals surface area contributed by atoms with Gasteiger partial charge in [0.15, 0.2) is 0 Å². The van der Waals surface area contributed by atoms with E-state index in [1.165, 1.54) is 17.8 Å². The van der Waals surface area contributed by atoms with Crippen LogP contribution in [0.3, 0.4) is 0 Å². The number of likely N-dealkylation sites (tertiary alicyclic amines) is 1. The van der Waals surface area contributed by atoms with E-state index < -0.39 is 0 Å². The molecule has 1 aromatic heterocycles. The first-order valence-electron chi connectivity index (χ1n) is 7.66. The third-order valence-corrected chi connectivity index (χ3v) is 5.29. The van der Waals surface area contributed by atoms with Crippen molar-refractivity contribution < 1.29 is 4.79 Å². The maximum atomic E-state index is 11.6. The smallest absolute Gasteiger partial charge is 0.222 e. The molecule has 6 heteroatoms. The van der Waals surface area contributed by atoms with Crippen LogP contribution in [0, 0.1) is 5.92 Å². The van der Waals surface area contributed by atoms with Gasteiger partial charge in [-0.2, -0.15) is 0 Å². The number of hydrogen-bond donors (Lipinski definition) is 1. The van der Waals surface area contributed by atoms with Gasteiger partial charge in [-0.3, -0.25) is 4.79 Å². The summed E-state index contributed by atoms with van der Waals surface area (Å²) in [4.78, 5) is 18.5. The predicted molar refractivity (Wildman–Crippen MR) is 87.8 cm³/mol. The maximum absolute atomic E-state index is 11.6. The van der Waals surface area contributed by atoms with E-state index in [0.29, 0.717) is 5.88 Å². The van der Waals surface area contributed by atoms with E-state index in [-0.39, 0.29) is 11.8 Å². The number of nitrogens with one attached hydrogen (secondary N) is 1. The van der Waals surface area contributed by atoms with Crippen LogP contribution in [0.1, 0.15) is 36.4 Å². The number of aromatic nitrogens is 1. The minimum atomic E-state index is 0.202. The first kappa shape index (κ1) is 16.7. The van der Waals surface area contributed by atoms with Crippen molar-refractivity contribution in [2.45, 2.75) is 38.0 Å². The fourth-order valence-corrected chi connectivity index (χ4v) is 3.83. The number of hydrogen-bond acceptors (Lipinski definition) is 4. The fourth-order valence-electron chi connectivity index (χ4n) is 2.76. The van der Waals surface area contributed by atoms with E-state index >= 15 is 0 Å². The van der Waals surface area contributed by atoms with Crippen molar-refractivity contribution in [3.05, 3.63) is 16.1 Å². The Bertz CT molecular complexity index is 444. The zero-order chi connectivity index (χ0) is 15.1. The van der Waals surface area contributed by atoms with Crippen molar-refractivity contribution in [2.75, 3.05) is 26.7 Å². The molecule has 21 heavy (non-hydrogen) atoms. The topological polar surface area (TPSA) is 45.2 Å². The van der Waals surface area contributed by atoms with E-state index in [4.69, 9.17) is 11.6 Å². The van der Waals surface area contributed by atoms with Gasteiger partial charge >= 0.3 is 0 Å². The number of carbonyl (C=O) groups excluding carboxylic acids is 1. The number of thiazole rings is 1. The summed E-state index contributed by atoms with van der Waals surface area (Å²) in [5.41, 5.74) is 0.993. The molecule has 118 valence electrons. The molecule has 0 unspecified atom stereocenters. The lowest BCUT2D eigenvalue weighted by atomic mass is 9.96. The molecule has 1 aliphatic heterocycles. The Labute approximate surface area is 135 Å². The molecule has 0 bridgehead atoms. The number of nitrogens with zero attached hydrogens (tertiary/aromatic N) is 2. The number of halogens is 1. The Kier molecular flexibility index (Phi) is 6.93. The van der Waals surface area contributed by atoms with Crippen molar-refractivity contribution in [1.29, 1.82) is 0 Å². The Hall–Kier alpha value is -0.650. The summed E-state index contributed by atoms with van der Waals surface area (Å²) in [5, 5.41) is 6.00. The van der Waals surface area contributed by atoms with Crippen LogP contribution in [0.15, 0.2) is 5.38 Å². The van der Waals surface area contributed by atoms with Crippen molar-refractivity contribution in [3.8, 4) is 0 Å². The van der Waals surface area contributed by atoms with Gasteiger partial charge in [-0.05, 0) is 51.7 Å². The molecule has 1 amide bonds. The zero-order valence-electron chi connectivity index (χ0n) is 12.6. The van der Waals surface area contributed by atoms with Gasteiger partial charge in [-0.25, -0.2) is 4.98 Å². The maximum Gasteiger partial charge on any atom is 0.222 e. The molecule has 4 nitrogen and oxygen atoms in total. The van der Waals surface area contributed by atoms with Crippen molar-refractivity contribution in [2.24, 2.45) is 5.92 Å². The van der Waals surface area contributed by atoms with Gasteiger partial charge in [-0.15, -0.1) is 22.9 Å². The Morgan fingerprint density at radius 1 is 1.48 bits per heavy atom. The van der Waals surface area contributed by atoms with Crippen LogP contribution in [-0.4, -0.2) is 42.5 Å². The Morgan fingerprint density at radius 3 is 2.86 bits per heavy atom. The SMILES string of the molecule is CNC(=O)C1CCN(CCCCc2nc(CCl)cs2)CC1. The number of aryl methyl sites for hydroxylation is 1. The lowest BCUT2D eigenvalue weighted by Crippen LogP contribution is -2.39. The highest BCUT2D eigenvalue weighted by molar-refractivity contribution is 7.09. The summed E-state index contributed by atoms with van der Waals surface area (Å²) in [6, 6.07) is 0. The van der Waals surface area contributed by atoms with Crippen LogP contribution in [0.2, 0.25) is 0 Å². The van der Waals surface area contributed by atoms with Gasteiger partial charge in [0.25, 0.3) is 0 Å². The normalized spacial score (nSPS) is 17.0. The number of alkyl halides is 1. The highest BCUT2D eigenvalue weighted by Crippen LogP contribution is 2.18. The highest BCUT2D eigenvalue weighted by atomic mass is 35.5. The monoisotopic (exact) mass is 329 g/mol. The van der Waals surface area contributed by atoms with E-state index in [0.717, 1.165) is 44.6 Å². The first-order chi connectivity index (χ1) is 10.2. The van der Waals surface area contributed by atoms with Crippen molar-refractivity contribution in [3.63, 3.8) is 0 Å². The van der Waals surface area contributed by atoms with Gasteiger partial charge < -0.3 is 10.2 Å². The summed E-state index contributed by atoms with van der Waals surface area (Å²) in [7, 11) is 1.73. The number of piperidine rings is 1. The predicted octanol–water partition coefficient (Wildman–Crippen LogP) is 2.66.